The number of non-ortho nitro benzene ring substituents is 1. The van der Waals surface area contributed by atoms with Crippen molar-refractivity contribution in [3.63, 3.8) is 0 Å². The van der Waals surface area contributed by atoms with Gasteiger partial charge in [-0.3, -0.25) is 20.2 Å². The summed E-state index contributed by atoms with van der Waals surface area (Å²) < 4.78 is 5.38. The summed E-state index contributed by atoms with van der Waals surface area (Å²) in [6.07, 6.45) is 0. The Balaban J connectivity index is 2.54. The first-order valence-corrected chi connectivity index (χ1v) is 6.62. The maximum Gasteiger partial charge on any atom is 0.280 e. The molecule has 0 unspecified atom stereocenters. The van der Waals surface area contributed by atoms with Crippen LogP contribution < -0.4 is 5.32 Å². The predicted octanol–water partition coefficient (Wildman–Crippen LogP) is 2.27. The lowest BCUT2D eigenvalue weighted by Gasteiger charge is -2.08. The minimum absolute atomic E-state index is 0.250. The molecule has 0 saturated heterocycles. The molecular weight excluding hydrogens is 278 g/mol. The van der Waals surface area contributed by atoms with Crippen LogP contribution in [0.25, 0.3) is 0 Å². The molecule has 0 aliphatic rings. The van der Waals surface area contributed by atoms with Crippen molar-refractivity contribution in [3.8, 4) is 0 Å². The van der Waals surface area contributed by atoms with Gasteiger partial charge in [0, 0.05) is 31.3 Å². The molecule has 1 N–H and O–H groups in total. The van der Waals surface area contributed by atoms with Gasteiger partial charge in [-0.15, -0.1) is 0 Å². The maximum atomic E-state index is 10.9. The number of nitrogens with zero attached hydrogens (tertiary/aromatic N) is 2. The summed E-state index contributed by atoms with van der Waals surface area (Å²) >= 11 is 0. The van der Waals surface area contributed by atoms with Crippen molar-refractivity contribution in [2.75, 3.05) is 19.8 Å². The monoisotopic (exact) mass is 297 g/mol. The van der Waals surface area contributed by atoms with E-state index in [-0.39, 0.29) is 17.9 Å². The molecule has 0 fully saturated rings. The first kappa shape index (κ1) is 17.0. The van der Waals surface area contributed by atoms with E-state index in [2.05, 4.69) is 5.32 Å². The quantitative estimate of drug-likeness (QED) is 0.425. The molecule has 116 valence electrons. The second kappa shape index (κ2) is 8.28. The van der Waals surface area contributed by atoms with E-state index in [1.807, 2.05) is 13.8 Å². The second-order valence-electron chi connectivity index (χ2n) is 4.97. The van der Waals surface area contributed by atoms with Crippen LogP contribution in [-0.2, 0) is 11.3 Å². The Morgan fingerprint density at radius 1 is 1.24 bits per heavy atom. The fraction of sp³-hybridized carbons (Fsp3) is 0.538. The summed E-state index contributed by atoms with van der Waals surface area (Å²) in [4.78, 5) is 20.3. The molecule has 0 bridgehead atoms. The largest absolute Gasteiger partial charge is 0.380 e. The first-order chi connectivity index (χ1) is 9.91. The van der Waals surface area contributed by atoms with Crippen LogP contribution in [0.3, 0.4) is 0 Å². The molecule has 8 nitrogen and oxygen atoms in total. The number of nitro groups is 2. The van der Waals surface area contributed by atoms with Gasteiger partial charge in [0.1, 0.15) is 0 Å². The average Bonchev–Trinajstić information content (AvgIpc) is 2.42. The zero-order valence-corrected chi connectivity index (χ0v) is 12.1. The molecule has 1 aromatic carbocycles. The molecule has 0 atom stereocenters. The number of nitro benzene ring substituents is 2. The highest BCUT2D eigenvalue weighted by molar-refractivity contribution is 5.49. The van der Waals surface area contributed by atoms with Crippen LogP contribution in [0, 0.1) is 26.1 Å². The number of ether oxygens (including phenoxy) is 1. The minimum atomic E-state index is -0.649. The number of hydrogen-bond donors (Lipinski definition) is 1. The number of nitrogens with one attached hydrogen (secondary N) is 1. The fourth-order valence-electron chi connectivity index (χ4n) is 1.67. The van der Waals surface area contributed by atoms with Crippen molar-refractivity contribution in [2.24, 2.45) is 5.92 Å². The molecule has 8 heteroatoms. The van der Waals surface area contributed by atoms with Crippen LogP contribution in [0.4, 0.5) is 11.4 Å². The molecule has 0 aliphatic carbocycles. The first-order valence-electron chi connectivity index (χ1n) is 6.62. The minimum Gasteiger partial charge on any atom is -0.380 e. The van der Waals surface area contributed by atoms with Crippen LogP contribution in [0.5, 0.6) is 0 Å². The third kappa shape index (κ3) is 5.84. The van der Waals surface area contributed by atoms with Gasteiger partial charge < -0.3 is 10.1 Å². The van der Waals surface area contributed by atoms with Gasteiger partial charge in [0.05, 0.1) is 22.5 Å². The predicted molar refractivity (Wildman–Crippen MR) is 77.1 cm³/mol. The Morgan fingerprint density at radius 2 is 1.95 bits per heavy atom. The van der Waals surface area contributed by atoms with Gasteiger partial charge in [-0.1, -0.05) is 13.8 Å². The summed E-state index contributed by atoms with van der Waals surface area (Å²) in [5, 5.41) is 24.6. The van der Waals surface area contributed by atoms with Crippen LogP contribution in [-0.4, -0.2) is 29.6 Å². The van der Waals surface area contributed by atoms with Crippen molar-refractivity contribution < 1.29 is 14.6 Å². The van der Waals surface area contributed by atoms with E-state index < -0.39 is 9.85 Å². The Bertz CT molecular complexity index is 505. The molecule has 0 amide bonds. The van der Waals surface area contributed by atoms with Crippen molar-refractivity contribution in [3.05, 3.63) is 44.0 Å². The summed E-state index contributed by atoms with van der Waals surface area (Å²) in [5.74, 6) is 0.459. The third-order valence-corrected chi connectivity index (χ3v) is 2.67. The zero-order valence-electron chi connectivity index (χ0n) is 12.1. The van der Waals surface area contributed by atoms with Gasteiger partial charge in [-0.25, -0.2) is 0 Å². The summed E-state index contributed by atoms with van der Waals surface area (Å²) in [6.45, 7) is 6.10. The van der Waals surface area contributed by atoms with E-state index in [0.29, 0.717) is 31.2 Å². The Labute approximate surface area is 122 Å². The second-order valence-corrected chi connectivity index (χ2v) is 4.97. The Kier molecular flexibility index (Phi) is 6.70. The normalized spacial score (nSPS) is 10.8. The number of hydrogen-bond acceptors (Lipinski definition) is 6. The van der Waals surface area contributed by atoms with E-state index in [1.165, 1.54) is 12.1 Å². The molecule has 0 radical (unpaired) electrons. The standard InChI is InChI=1S/C13H19N3O5/c1-10(2)9-21-6-5-14-8-11-3-4-12(15(17)18)7-13(11)16(19)20/h3-4,7,10,14H,5-6,8-9H2,1-2H3. The van der Waals surface area contributed by atoms with Gasteiger partial charge in [0.15, 0.2) is 0 Å². The molecule has 21 heavy (non-hydrogen) atoms. The third-order valence-electron chi connectivity index (χ3n) is 2.67. The van der Waals surface area contributed by atoms with Gasteiger partial charge in [-0.05, 0) is 12.0 Å². The van der Waals surface area contributed by atoms with Crippen molar-refractivity contribution in [2.45, 2.75) is 20.4 Å². The number of rotatable bonds is 9. The van der Waals surface area contributed by atoms with E-state index >= 15 is 0 Å². The molecular formula is C13H19N3O5. The van der Waals surface area contributed by atoms with Gasteiger partial charge >= 0.3 is 0 Å². The topological polar surface area (TPSA) is 108 Å². The molecule has 0 aromatic heterocycles. The summed E-state index contributed by atoms with van der Waals surface area (Å²) in [5.41, 5.74) is -0.125. The maximum absolute atomic E-state index is 10.9. The molecule has 0 aliphatic heterocycles. The molecule has 0 spiro atoms. The highest BCUT2D eigenvalue weighted by atomic mass is 16.6. The van der Waals surface area contributed by atoms with E-state index in [9.17, 15) is 20.2 Å². The molecule has 1 aromatic rings. The van der Waals surface area contributed by atoms with Gasteiger partial charge in [0.2, 0.25) is 0 Å². The lowest BCUT2D eigenvalue weighted by Crippen LogP contribution is -2.20. The summed E-state index contributed by atoms with van der Waals surface area (Å²) in [6, 6.07) is 3.64. The molecule has 0 saturated carbocycles. The van der Waals surface area contributed by atoms with Crippen LogP contribution in [0.15, 0.2) is 18.2 Å². The van der Waals surface area contributed by atoms with Crippen molar-refractivity contribution in [1.29, 1.82) is 0 Å². The van der Waals surface area contributed by atoms with Crippen LogP contribution >= 0.6 is 0 Å². The van der Waals surface area contributed by atoms with E-state index in [4.69, 9.17) is 4.74 Å². The van der Waals surface area contributed by atoms with Crippen molar-refractivity contribution >= 4 is 11.4 Å². The Hall–Kier alpha value is -2.06. The fourth-order valence-corrected chi connectivity index (χ4v) is 1.67. The highest BCUT2D eigenvalue weighted by Gasteiger charge is 2.18. The van der Waals surface area contributed by atoms with E-state index in [1.54, 1.807) is 0 Å². The highest BCUT2D eigenvalue weighted by Crippen LogP contribution is 2.24. The van der Waals surface area contributed by atoms with E-state index in [0.717, 1.165) is 6.07 Å². The molecule has 1 rings (SSSR count). The SMILES string of the molecule is CC(C)COCCNCc1ccc([N+](=O)[O-])cc1[N+](=O)[O-]. The number of benzene rings is 1. The summed E-state index contributed by atoms with van der Waals surface area (Å²) in [7, 11) is 0. The zero-order chi connectivity index (χ0) is 15.8. The smallest absolute Gasteiger partial charge is 0.280 e. The van der Waals surface area contributed by atoms with Gasteiger partial charge in [-0.2, -0.15) is 0 Å². The van der Waals surface area contributed by atoms with Gasteiger partial charge in [0.25, 0.3) is 11.4 Å². The van der Waals surface area contributed by atoms with Crippen molar-refractivity contribution in [1.82, 2.24) is 5.32 Å². The lowest BCUT2D eigenvalue weighted by atomic mass is 10.1. The Morgan fingerprint density at radius 3 is 2.52 bits per heavy atom. The average molecular weight is 297 g/mol. The lowest BCUT2D eigenvalue weighted by molar-refractivity contribution is -0.394. The van der Waals surface area contributed by atoms with Crippen LogP contribution in [0.1, 0.15) is 19.4 Å². The molecule has 0 heterocycles. The van der Waals surface area contributed by atoms with Crippen LogP contribution in [0.2, 0.25) is 0 Å².